The lowest BCUT2D eigenvalue weighted by Gasteiger charge is -2.04. The zero-order chi connectivity index (χ0) is 13.3. The van der Waals surface area contributed by atoms with E-state index in [0.717, 1.165) is 6.20 Å². The Balaban J connectivity index is 2.32. The minimum Gasteiger partial charge on any atom is -0.382 e. The van der Waals surface area contributed by atoms with E-state index in [9.17, 15) is 13.2 Å². The van der Waals surface area contributed by atoms with Crippen LogP contribution in [0.15, 0.2) is 17.0 Å². The van der Waals surface area contributed by atoms with Gasteiger partial charge in [0.15, 0.2) is 12.4 Å². The van der Waals surface area contributed by atoms with E-state index in [-0.39, 0.29) is 17.2 Å². The van der Waals surface area contributed by atoms with E-state index < -0.39 is 12.7 Å². The van der Waals surface area contributed by atoms with Crippen molar-refractivity contribution in [2.24, 2.45) is 0 Å². The Morgan fingerprint density at radius 3 is 2.72 bits per heavy atom. The maximum Gasteiger partial charge on any atom is 0.409 e. The first-order chi connectivity index (χ1) is 8.35. The number of alkyl halides is 3. The summed E-state index contributed by atoms with van der Waals surface area (Å²) >= 11 is 3.09. The van der Waals surface area contributed by atoms with Gasteiger partial charge in [-0.1, -0.05) is 0 Å². The van der Waals surface area contributed by atoms with Crippen molar-refractivity contribution < 1.29 is 13.2 Å². The Morgan fingerprint density at radius 2 is 2.06 bits per heavy atom. The summed E-state index contributed by atoms with van der Waals surface area (Å²) in [6.07, 6.45) is -1.86. The van der Waals surface area contributed by atoms with Crippen molar-refractivity contribution in [3.8, 4) is 11.4 Å². The van der Waals surface area contributed by atoms with E-state index in [4.69, 9.17) is 5.73 Å². The third kappa shape index (κ3) is 2.94. The normalized spacial score (nSPS) is 11.8. The van der Waals surface area contributed by atoms with Crippen LogP contribution in [-0.4, -0.2) is 31.1 Å². The van der Waals surface area contributed by atoms with Crippen LogP contribution >= 0.6 is 15.9 Å². The van der Waals surface area contributed by atoms with Crippen LogP contribution < -0.4 is 5.73 Å². The molecule has 2 N–H and O–H groups in total. The van der Waals surface area contributed by atoms with Gasteiger partial charge >= 0.3 is 6.18 Å². The summed E-state index contributed by atoms with van der Waals surface area (Å²) in [6, 6.07) is 0. The Bertz CT molecular complexity index is 566. The third-order valence-electron chi connectivity index (χ3n) is 1.87. The highest BCUT2D eigenvalue weighted by molar-refractivity contribution is 9.10. The molecule has 0 aromatic carbocycles. The Kier molecular flexibility index (Phi) is 3.20. The van der Waals surface area contributed by atoms with Crippen LogP contribution in [0.5, 0.6) is 0 Å². The standard InChI is InChI=1S/C8H6BrF3N6/c9-5-2-14-7(13)6(16-5)4-1-15-18(17-4)3-8(10,11)12/h1-2H,3H2,(H2,13,14). The second-order valence-corrected chi connectivity index (χ2v) is 4.11. The number of nitrogens with zero attached hydrogens (tertiary/aromatic N) is 5. The van der Waals surface area contributed by atoms with Gasteiger partial charge in [0.1, 0.15) is 16.0 Å². The van der Waals surface area contributed by atoms with Crippen LogP contribution in [0.3, 0.4) is 0 Å². The molecule has 0 bridgehead atoms. The van der Waals surface area contributed by atoms with Gasteiger partial charge in [0.05, 0.1) is 12.4 Å². The maximum atomic E-state index is 12.1. The van der Waals surface area contributed by atoms with E-state index in [1.807, 2.05) is 0 Å². The fraction of sp³-hybridized carbons (Fsp3) is 0.250. The first kappa shape index (κ1) is 12.7. The van der Waals surface area contributed by atoms with Gasteiger partial charge in [0, 0.05) is 0 Å². The largest absolute Gasteiger partial charge is 0.409 e. The van der Waals surface area contributed by atoms with Crippen LogP contribution in [0, 0.1) is 0 Å². The minimum atomic E-state index is -4.38. The molecule has 0 spiro atoms. The zero-order valence-electron chi connectivity index (χ0n) is 8.69. The molecule has 0 saturated carbocycles. The van der Waals surface area contributed by atoms with Crippen LogP contribution in [0.1, 0.15) is 0 Å². The second-order valence-electron chi connectivity index (χ2n) is 3.30. The monoisotopic (exact) mass is 322 g/mol. The molecule has 2 heterocycles. The van der Waals surface area contributed by atoms with Crippen molar-refractivity contribution in [2.45, 2.75) is 12.7 Å². The van der Waals surface area contributed by atoms with Crippen LogP contribution in [0.2, 0.25) is 0 Å². The predicted molar refractivity (Wildman–Crippen MR) is 59.2 cm³/mol. The summed E-state index contributed by atoms with van der Waals surface area (Å²) in [5, 5.41) is 7.15. The molecule has 0 atom stereocenters. The van der Waals surface area contributed by atoms with Gasteiger partial charge in [0.2, 0.25) is 0 Å². The number of hydrogen-bond acceptors (Lipinski definition) is 5. The van der Waals surface area contributed by atoms with Crippen molar-refractivity contribution in [2.75, 3.05) is 5.73 Å². The molecule has 0 fully saturated rings. The Labute approximate surface area is 107 Å². The molecule has 10 heteroatoms. The number of nitrogens with two attached hydrogens (primary N) is 1. The third-order valence-corrected chi connectivity index (χ3v) is 2.25. The predicted octanol–water partition coefficient (Wildman–Crippen LogP) is 1.64. The molecule has 0 aliphatic carbocycles. The lowest BCUT2D eigenvalue weighted by atomic mass is 10.3. The van der Waals surface area contributed by atoms with E-state index in [1.54, 1.807) is 0 Å². The quantitative estimate of drug-likeness (QED) is 0.908. The molecule has 0 aliphatic heterocycles. The minimum absolute atomic E-state index is 0.0669. The summed E-state index contributed by atoms with van der Waals surface area (Å²) in [7, 11) is 0. The van der Waals surface area contributed by atoms with Gasteiger partial charge in [0.25, 0.3) is 0 Å². The molecule has 18 heavy (non-hydrogen) atoms. The van der Waals surface area contributed by atoms with E-state index in [2.05, 4.69) is 36.1 Å². The number of anilines is 1. The molecule has 96 valence electrons. The molecule has 0 aliphatic rings. The average Bonchev–Trinajstić information content (AvgIpc) is 2.67. The zero-order valence-corrected chi connectivity index (χ0v) is 10.3. The van der Waals surface area contributed by atoms with Crippen LogP contribution in [-0.2, 0) is 6.54 Å². The van der Waals surface area contributed by atoms with Crippen LogP contribution in [0.4, 0.5) is 19.0 Å². The molecule has 0 saturated heterocycles. The van der Waals surface area contributed by atoms with Crippen LogP contribution in [0.25, 0.3) is 11.4 Å². The summed E-state index contributed by atoms with van der Waals surface area (Å²) in [5.74, 6) is 0.0669. The molecule has 0 unspecified atom stereocenters. The molecule has 2 aromatic heterocycles. The topological polar surface area (TPSA) is 82.5 Å². The average molecular weight is 323 g/mol. The smallest absolute Gasteiger partial charge is 0.382 e. The number of aromatic nitrogens is 5. The lowest BCUT2D eigenvalue weighted by Crippen LogP contribution is -2.19. The summed E-state index contributed by atoms with van der Waals surface area (Å²) < 4.78 is 36.8. The summed E-state index contributed by atoms with van der Waals surface area (Å²) in [4.78, 5) is 8.32. The Morgan fingerprint density at radius 1 is 1.33 bits per heavy atom. The van der Waals surface area contributed by atoms with Gasteiger partial charge in [-0.05, 0) is 15.9 Å². The SMILES string of the molecule is Nc1ncc(Br)nc1-c1cnn(CC(F)(F)F)n1. The second kappa shape index (κ2) is 4.52. The first-order valence-corrected chi connectivity index (χ1v) is 5.40. The van der Waals surface area contributed by atoms with Gasteiger partial charge < -0.3 is 5.73 Å². The number of nitrogen functional groups attached to an aromatic ring is 1. The molecule has 6 nitrogen and oxygen atoms in total. The highest BCUT2D eigenvalue weighted by atomic mass is 79.9. The molecular weight excluding hydrogens is 317 g/mol. The van der Waals surface area contributed by atoms with E-state index >= 15 is 0 Å². The van der Waals surface area contributed by atoms with Crippen molar-refractivity contribution in [1.29, 1.82) is 0 Å². The highest BCUT2D eigenvalue weighted by Gasteiger charge is 2.29. The first-order valence-electron chi connectivity index (χ1n) is 4.60. The maximum absolute atomic E-state index is 12.1. The highest BCUT2D eigenvalue weighted by Crippen LogP contribution is 2.22. The van der Waals surface area contributed by atoms with Crippen molar-refractivity contribution in [3.63, 3.8) is 0 Å². The number of halogens is 4. The number of rotatable bonds is 2. The molecule has 2 aromatic rings. The van der Waals surface area contributed by atoms with Gasteiger partial charge in [-0.15, -0.1) is 0 Å². The number of hydrogen-bond donors (Lipinski definition) is 1. The van der Waals surface area contributed by atoms with Crippen molar-refractivity contribution in [1.82, 2.24) is 25.0 Å². The van der Waals surface area contributed by atoms with Gasteiger partial charge in [-0.2, -0.15) is 28.2 Å². The summed E-state index contributed by atoms with van der Waals surface area (Å²) in [5.41, 5.74) is 5.87. The molecule has 2 rings (SSSR count). The molecular formula is C8H6BrF3N6. The molecule has 0 radical (unpaired) electrons. The lowest BCUT2D eigenvalue weighted by molar-refractivity contribution is -0.144. The van der Waals surface area contributed by atoms with Crippen molar-refractivity contribution >= 4 is 21.7 Å². The van der Waals surface area contributed by atoms with E-state index in [0.29, 0.717) is 9.40 Å². The van der Waals surface area contributed by atoms with Crippen molar-refractivity contribution in [3.05, 3.63) is 17.0 Å². The summed E-state index contributed by atoms with van der Waals surface area (Å²) in [6.45, 7) is -1.27. The van der Waals surface area contributed by atoms with E-state index in [1.165, 1.54) is 6.20 Å². The fourth-order valence-corrected chi connectivity index (χ4v) is 1.49. The van der Waals surface area contributed by atoms with Gasteiger partial charge in [-0.3, -0.25) is 0 Å². The fourth-order valence-electron chi connectivity index (χ4n) is 1.21. The Hall–Kier alpha value is -1.71. The molecule has 0 amide bonds. The van der Waals surface area contributed by atoms with Gasteiger partial charge in [-0.25, -0.2) is 9.97 Å².